The highest BCUT2D eigenvalue weighted by Gasteiger charge is 2.37. The van der Waals surface area contributed by atoms with Crippen molar-refractivity contribution in [3.63, 3.8) is 0 Å². The molecule has 27 heavy (non-hydrogen) atoms. The van der Waals surface area contributed by atoms with Gasteiger partial charge in [0.05, 0.1) is 11.1 Å². The van der Waals surface area contributed by atoms with Crippen LogP contribution in [-0.2, 0) is 12.4 Å². The van der Waals surface area contributed by atoms with Crippen LogP contribution >= 0.6 is 0 Å². The van der Waals surface area contributed by atoms with Crippen LogP contribution in [0.1, 0.15) is 37.8 Å². The molecule has 1 aliphatic heterocycles. The first-order valence-electron chi connectivity index (χ1n) is 8.50. The minimum absolute atomic E-state index is 0.0131. The number of hydrogen-bond donors (Lipinski definition) is 2. The van der Waals surface area contributed by atoms with E-state index >= 15 is 0 Å². The summed E-state index contributed by atoms with van der Waals surface area (Å²) in [5, 5.41) is 4.62. The Balaban J connectivity index is 0.00000176. The average Bonchev–Trinajstić information content (AvgIpc) is 2.54. The van der Waals surface area contributed by atoms with Crippen molar-refractivity contribution in [1.29, 1.82) is 0 Å². The van der Waals surface area contributed by atoms with Crippen molar-refractivity contribution < 1.29 is 31.1 Å². The zero-order chi connectivity index (χ0) is 20.8. The Kier molecular flexibility index (Phi) is 7.94. The molecule has 1 heterocycles. The minimum atomic E-state index is -4.96. The van der Waals surface area contributed by atoms with Crippen LogP contribution in [0.15, 0.2) is 18.2 Å². The number of carbonyl (C=O) groups is 1. The van der Waals surface area contributed by atoms with E-state index in [1.54, 1.807) is 0 Å². The van der Waals surface area contributed by atoms with Gasteiger partial charge in [-0.1, -0.05) is 13.8 Å². The van der Waals surface area contributed by atoms with Crippen molar-refractivity contribution in [3.05, 3.63) is 29.3 Å². The summed E-state index contributed by atoms with van der Waals surface area (Å²) in [6.07, 6.45) is -8.39. The average molecular weight is 399 g/mol. The van der Waals surface area contributed by atoms with Gasteiger partial charge in [0.15, 0.2) is 0 Å². The van der Waals surface area contributed by atoms with Crippen molar-refractivity contribution in [3.8, 4) is 0 Å². The summed E-state index contributed by atoms with van der Waals surface area (Å²) in [6, 6.07) is -0.0950. The number of urea groups is 1. The molecule has 1 atom stereocenters. The maximum Gasteiger partial charge on any atom is 0.416 e. The molecule has 0 unspecified atom stereocenters. The lowest BCUT2D eigenvalue weighted by Gasteiger charge is -2.30. The van der Waals surface area contributed by atoms with Gasteiger partial charge in [-0.25, -0.2) is 4.79 Å². The Morgan fingerprint density at radius 2 is 1.56 bits per heavy atom. The van der Waals surface area contributed by atoms with Gasteiger partial charge in [-0.3, -0.25) is 0 Å². The molecular weight excluding hydrogens is 376 g/mol. The van der Waals surface area contributed by atoms with Crippen molar-refractivity contribution in [2.45, 2.75) is 45.1 Å². The summed E-state index contributed by atoms with van der Waals surface area (Å²) >= 11 is 0. The van der Waals surface area contributed by atoms with Crippen LogP contribution < -0.4 is 10.6 Å². The number of amides is 2. The molecule has 2 rings (SSSR count). The fraction of sp³-hybridized carbons (Fsp3) is 0.588. The summed E-state index contributed by atoms with van der Waals surface area (Å²) in [4.78, 5) is 13.9. The summed E-state index contributed by atoms with van der Waals surface area (Å²) in [5.41, 5.74) is -3.52. The normalized spacial score (nSPS) is 18.3. The van der Waals surface area contributed by atoms with Gasteiger partial charge in [-0.2, -0.15) is 26.3 Å². The molecule has 0 bridgehead atoms. The lowest BCUT2D eigenvalue weighted by Crippen LogP contribution is -2.47. The molecule has 1 aromatic carbocycles. The number of halogens is 6. The summed E-state index contributed by atoms with van der Waals surface area (Å²) in [6.45, 7) is 5.42. The molecule has 2 N–H and O–H groups in total. The second kappa shape index (κ2) is 9.29. The van der Waals surface area contributed by atoms with E-state index < -0.39 is 35.2 Å². The molecule has 1 saturated heterocycles. The predicted octanol–water partition coefficient (Wildman–Crippen LogP) is 4.97. The maximum absolute atomic E-state index is 12.8. The predicted molar refractivity (Wildman–Crippen MR) is 90.5 cm³/mol. The topological polar surface area (TPSA) is 44.4 Å². The van der Waals surface area contributed by atoms with Gasteiger partial charge in [-0.05, 0) is 44.6 Å². The number of hydrogen-bond acceptors (Lipinski definition) is 2. The molecule has 0 aliphatic carbocycles. The summed E-state index contributed by atoms with van der Waals surface area (Å²) in [5.74, 6) is 0. The van der Waals surface area contributed by atoms with E-state index in [-0.39, 0.29) is 12.1 Å². The third-order valence-corrected chi connectivity index (χ3v) is 3.81. The van der Waals surface area contributed by atoms with Crippen LogP contribution in [0.2, 0.25) is 0 Å². The molecule has 2 amide bonds. The van der Waals surface area contributed by atoms with E-state index in [4.69, 9.17) is 0 Å². The Morgan fingerprint density at radius 1 is 1.04 bits per heavy atom. The molecule has 4 nitrogen and oxygen atoms in total. The van der Waals surface area contributed by atoms with Gasteiger partial charge in [0.1, 0.15) is 0 Å². The Morgan fingerprint density at radius 3 is 2.00 bits per heavy atom. The van der Waals surface area contributed by atoms with Gasteiger partial charge < -0.3 is 15.5 Å². The zero-order valence-corrected chi connectivity index (χ0v) is 15.3. The molecule has 154 valence electrons. The summed E-state index contributed by atoms with van der Waals surface area (Å²) in [7, 11) is 1.86. The van der Waals surface area contributed by atoms with Crippen LogP contribution in [-0.4, -0.2) is 37.1 Å². The molecule has 10 heteroatoms. The highest BCUT2D eigenvalue weighted by molar-refractivity contribution is 5.89. The number of alkyl halides is 6. The number of anilines is 1. The van der Waals surface area contributed by atoms with Crippen LogP contribution in [0.4, 0.5) is 36.8 Å². The van der Waals surface area contributed by atoms with Gasteiger partial charge >= 0.3 is 18.4 Å². The summed E-state index contributed by atoms with van der Waals surface area (Å²) < 4.78 is 76.7. The quantitative estimate of drug-likeness (QED) is 0.690. The third kappa shape index (κ3) is 7.28. The molecule has 0 spiro atoms. The second-order valence-electron chi connectivity index (χ2n) is 5.99. The molecule has 0 saturated carbocycles. The van der Waals surface area contributed by atoms with Gasteiger partial charge in [0.25, 0.3) is 0 Å². The van der Waals surface area contributed by atoms with Crippen molar-refractivity contribution in [1.82, 2.24) is 10.2 Å². The zero-order valence-electron chi connectivity index (χ0n) is 15.3. The lowest BCUT2D eigenvalue weighted by molar-refractivity contribution is -0.143. The second-order valence-corrected chi connectivity index (χ2v) is 5.99. The van der Waals surface area contributed by atoms with E-state index in [2.05, 4.69) is 10.6 Å². The first-order chi connectivity index (χ1) is 12.4. The van der Waals surface area contributed by atoms with E-state index in [0.29, 0.717) is 25.1 Å². The van der Waals surface area contributed by atoms with Crippen LogP contribution in [0.5, 0.6) is 0 Å². The van der Waals surface area contributed by atoms with Crippen molar-refractivity contribution in [2.24, 2.45) is 0 Å². The Bertz CT molecular complexity index is 598. The number of nitrogens with zero attached hydrogens (tertiary/aromatic N) is 1. The molecule has 1 aliphatic rings. The maximum atomic E-state index is 12.8. The molecule has 1 aromatic rings. The molecule has 1 fully saturated rings. The number of carbonyl (C=O) groups excluding carboxylic acids is 1. The van der Waals surface area contributed by atoms with E-state index in [1.165, 1.54) is 0 Å². The highest BCUT2D eigenvalue weighted by Crippen LogP contribution is 2.37. The van der Waals surface area contributed by atoms with Crippen LogP contribution in [0, 0.1) is 0 Å². The van der Waals surface area contributed by atoms with Crippen LogP contribution in [0.3, 0.4) is 0 Å². The van der Waals surface area contributed by atoms with Crippen molar-refractivity contribution in [2.75, 3.05) is 25.5 Å². The first kappa shape index (κ1) is 23.1. The number of rotatable bonds is 2. The molecule has 0 radical (unpaired) electrons. The van der Waals surface area contributed by atoms with Gasteiger partial charge in [-0.15, -0.1) is 0 Å². The largest absolute Gasteiger partial charge is 0.416 e. The molecule has 0 aromatic heterocycles. The monoisotopic (exact) mass is 399 g/mol. The van der Waals surface area contributed by atoms with Crippen molar-refractivity contribution >= 4 is 11.7 Å². The molecular formula is C17H23F6N3O. The fourth-order valence-corrected chi connectivity index (χ4v) is 2.66. The van der Waals surface area contributed by atoms with Gasteiger partial charge in [0.2, 0.25) is 0 Å². The van der Waals surface area contributed by atoms with E-state index in [0.717, 1.165) is 13.0 Å². The number of nitrogens with one attached hydrogen (secondary N) is 2. The van der Waals surface area contributed by atoms with E-state index in [9.17, 15) is 31.1 Å². The third-order valence-electron chi connectivity index (χ3n) is 3.81. The Hall–Kier alpha value is -1.97. The standard InChI is InChI=1S/C15H17F6N3O.C2H6/c1-24-4-2-3-11(8-24)22-13(25)23-12-6-9(14(16,17)18)5-10(7-12)15(19,20)21;1-2/h5-7,11H,2-4,8H2,1H3,(H2,22,23,25);1-2H3/t11-;/m1./s1. The smallest absolute Gasteiger partial charge is 0.334 e. The highest BCUT2D eigenvalue weighted by atomic mass is 19.4. The number of piperidine rings is 1. The van der Waals surface area contributed by atoms with Gasteiger partial charge in [0, 0.05) is 18.3 Å². The minimum Gasteiger partial charge on any atom is -0.334 e. The number of likely N-dealkylation sites (tertiary alicyclic amines) is 1. The van der Waals surface area contributed by atoms with E-state index in [1.807, 2.05) is 25.8 Å². The lowest BCUT2D eigenvalue weighted by atomic mass is 10.1. The number of benzene rings is 1. The number of likely N-dealkylation sites (N-methyl/N-ethyl adjacent to an activating group) is 1. The SMILES string of the molecule is CC.CN1CCC[C@@H](NC(=O)Nc2cc(C(F)(F)F)cc(C(F)(F)F)c2)C1. The Labute approximate surface area is 153 Å². The first-order valence-corrected chi connectivity index (χ1v) is 8.50. The fourth-order valence-electron chi connectivity index (χ4n) is 2.66. The van der Waals surface area contributed by atoms with Crippen LogP contribution in [0.25, 0.3) is 0 Å².